The van der Waals surface area contributed by atoms with Crippen molar-refractivity contribution in [2.24, 2.45) is 0 Å². The molecule has 1 aliphatic heterocycles. The molecule has 5 heteroatoms. The molecule has 2 aromatic rings. The number of ether oxygens (including phenoxy) is 3. The van der Waals surface area contributed by atoms with Gasteiger partial charge in [-0.15, -0.1) is 0 Å². The van der Waals surface area contributed by atoms with Crippen LogP contribution in [-0.2, 0) is 9.47 Å². The van der Waals surface area contributed by atoms with E-state index in [2.05, 4.69) is 6.08 Å². The Labute approximate surface area is 178 Å². The van der Waals surface area contributed by atoms with Gasteiger partial charge in [-0.3, -0.25) is 0 Å². The number of benzene rings is 2. The number of hydrogen-bond donors (Lipinski definition) is 0. The first-order valence-electron chi connectivity index (χ1n) is 10.5. The Morgan fingerprint density at radius 3 is 1.90 bits per heavy atom. The summed E-state index contributed by atoms with van der Waals surface area (Å²) in [7, 11) is 0. The molecule has 0 aromatic heterocycles. The zero-order chi connectivity index (χ0) is 21.6. The molecule has 160 valence electrons. The third-order valence-electron chi connectivity index (χ3n) is 4.38. The average Bonchev–Trinajstić information content (AvgIpc) is 2.80. The van der Waals surface area contributed by atoms with E-state index in [1.165, 1.54) is 5.56 Å². The van der Waals surface area contributed by atoms with Gasteiger partial charge in [-0.2, -0.15) is 0 Å². The predicted octanol–water partition coefficient (Wildman–Crippen LogP) is 5.69. The molecule has 0 amide bonds. The minimum Gasteiger partial charge on any atom is -0.489 e. The Kier molecular flexibility index (Phi) is 10.2. The molecular formula is C25H30O5. The molecule has 1 aliphatic rings. The number of rotatable bonds is 8. The van der Waals surface area contributed by atoms with Gasteiger partial charge >= 0.3 is 11.9 Å². The Morgan fingerprint density at radius 2 is 1.37 bits per heavy atom. The SMILES string of the molecule is C1=Cc2ccccc2OC1.CCCCOC(=O)c1ccccc1C(=O)OCCCC. The van der Waals surface area contributed by atoms with Crippen LogP contribution in [0.3, 0.4) is 0 Å². The Balaban J connectivity index is 0.000000263. The monoisotopic (exact) mass is 410 g/mol. The summed E-state index contributed by atoms with van der Waals surface area (Å²) in [5, 5.41) is 0. The van der Waals surface area contributed by atoms with Crippen molar-refractivity contribution < 1.29 is 23.8 Å². The Bertz CT molecular complexity index is 800. The molecule has 0 radical (unpaired) electrons. The summed E-state index contributed by atoms with van der Waals surface area (Å²) in [5.74, 6) is 0.0491. The highest BCUT2D eigenvalue weighted by Gasteiger charge is 2.18. The zero-order valence-electron chi connectivity index (χ0n) is 17.8. The van der Waals surface area contributed by atoms with Crippen LogP contribution in [0.25, 0.3) is 6.08 Å². The van der Waals surface area contributed by atoms with Crippen LogP contribution in [0.5, 0.6) is 5.75 Å². The summed E-state index contributed by atoms with van der Waals surface area (Å²) < 4.78 is 15.6. The summed E-state index contributed by atoms with van der Waals surface area (Å²) in [5.41, 5.74) is 1.71. The van der Waals surface area contributed by atoms with Gasteiger partial charge in [-0.05, 0) is 37.1 Å². The van der Waals surface area contributed by atoms with Gasteiger partial charge in [0, 0.05) is 5.56 Å². The smallest absolute Gasteiger partial charge is 0.339 e. The molecule has 0 N–H and O–H groups in total. The predicted molar refractivity (Wildman–Crippen MR) is 118 cm³/mol. The summed E-state index contributed by atoms with van der Waals surface area (Å²) in [6, 6.07) is 14.6. The van der Waals surface area contributed by atoms with Crippen molar-refractivity contribution in [1.29, 1.82) is 0 Å². The molecule has 0 atom stereocenters. The van der Waals surface area contributed by atoms with Crippen molar-refractivity contribution in [1.82, 2.24) is 0 Å². The lowest BCUT2D eigenvalue weighted by Gasteiger charge is -2.10. The second kappa shape index (κ2) is 13.2. The van der Waals surface area contributed by atoms with Crippen LogP contribution >= 0.6 is 0 Å². The molecule has 1 heterocycles. The molecule has 0 fully saturated rings. The highest BCUT2D eigenvalue weighted by Crippen LogP contribution is 2.21. The van der Waals surface area contributed by atoms with E-state index in [-0.39, 0.29) is 11.1 Å². The van der Waals surface area contributed by atoms with E-state index in [1.807, 2.05) is 44.2 Å². The molecule has 0 saturated heterocycles. The second-order valence-corrected chi connectivity index (χ2v) is 6.78. The number of hydrogen-bond acceptors (Lipinski definition) is 5. The van der Waals surface area contributed by atoms with Crippen LogP contribution in [0.2, 0.25) is 0 Å². The highest BCUT2D eigenvalue weighted by atomic mass is 16.5. The van der Waals surface area contributed by atoms with Crippen LogP contribution in [0.1, 0.15) is 65.8 Å². The normalized spacial score (nSPS) is 11.4. The molecular weight excluding hydrogens is 380 g/mol. The van der Waals surface area contributed by atoms with E-state index in [9.17, 15) is 9.59 Å². The van der Waals surface area contributed by atoms with Crippen molar-refractivity contribution in [3.05, 3.63) is 71.3 Å². The maximum Gasteiger partial charge on any atom is 0.339 e. The summed E-state index contributed by atoms with van der Waals surface area (Å²) in [4.78, 5) is 23.9. The van der Waals surface area contributed by atoms with Crippen LogP contribution in [0.15, 0.2) is 54.6 Å². The van der Waals surface area contributed by atoms with Gasteiger partial charge < -0.3 is 14.2 Å². The topological polar surface area (TPSA) is 61.8 Å². The number of carbonyl (C=O) groups is 2. The molecule has 0 aliphatic carbocycles. The molecule has 3 rings (SSSR count). The van der Waals surface area contributed by atoms with E-state index in [4.69, 9.17) is 14.2 Å². The van der Waals surface area contributed by atoms with E-state index < -0.39 is 11.9 Å². The number of carbonyl (C=O) groups excluding carboxylic acids is 2. The van der Waals surface area contributed by atoms with E-state index >= 15 is 0 Å². The lowest BCUT2D eigenvalue weighted by atomic mass is 10.1. The number of para-hydroxylation sites is 1. The van der Waals surface area contributed by atoms with Gasteiger partial charge in [0.05, 0.1) is 24.3 Å². The quantitative estimate of drug-likeness (QED) is 0.413. The first-order valence-corrected chi connectivity index (χ1v) is 10.5. The van der Waals surface area contributed by atoms with Crippen LogP contribution in [0.4, 0.5) is 0 Å². The zero-order valence-corrected chi connectivity index (χ0v) is 17.8. The van der Waals surface area contributed by atoms with E-state index in [1.54, 1.807) is 24.3 Å². The fourth-order valence-electron chi connectivity index (χ4n) is 2.68. The standard InChI is InChI=1S/C16H22O4.C9H8O/c1-3-5-11-19-15(17)13-9-7-8-10-14(13)16(18)20-12-6-4-2;1-2-6-9-8(4-1)5-3-7-10-9/h7-10H,3-6,11-12H2,1-2H3;1-6H,7H2. The third-order valence-corrected chi connectivity index (χ3v) is 4.38. The number of esters is 2. The Morgan fingerprint density at radius 1 is 0.833 bits per heavy atom. The number of fused-ring (bicyclic) bond motifs is 1. The molecule has 5 nitrogen and oxygen atoms in total. The minimum atomic E-state index is -0.471. The van der Waals surface area contributed by atoms with Crippen molar-refractivity contribution in [2.75, 3.05) is 19.8 Å². The van der Waals surface area contributed by atoms with Gasteiger partial charge in [-0.25, -0.2) is 9.59 Å². The highest BCUT2D eigenvalue weighted by molar-refractivity contribution is 6.03. The molecule has 0 unspecified atom stereocenters. The van der Waals surface area contributed by atoms with Crippen LogP contribution < -0.4 is 4.74 Å². The van der Waals surface area contributed by atoms with Gasteiger partial charge in [0.15, 0.2) is 0 Å². The summed E-state index contributed by atoms with van der Waals surface area (Å²) in [6.45, 7) is 5.49. The summed E-state index contributed by atoms with van der Waals surface area (Å²) in [6.07, 6.45) is 7.63. The summed E-state index contributed by atoms with van der Waals surface area (Å²) >= 11 is 0. The Hall–Kier alpha value is -3.08. The fourth-order valence-corrected chi connectivity index (χ4v) is 2.68. The minimum absolute atomic E-state index is 0.269. The lowest BCUT2D eigenvalue weighted by Crippen LogP contribution is -2.14. The van der Waals surface area contributed by atoms with Crippen LogP contribution in [-0.4, -0.2) is 31.8 Å². The molecule has 0 spiro atoms. The molecule has 0 bridgehead atoms. The second-order valence-electron chi connectivity index (χ2n) is 6.78. The van der Waals surface area contributed by atoms with Gasteiger partial charge in [0.1, 0.15) is 12.4 Å². The maximum absolute atomic E-state index is 11.9. The average molecular weight is 411 g/mol. The first kappa shape index (κ1) is 23.2. The first-order chi connectivity index (χ1) is 14.7. The van der Waals surface area contributed by atoms with Crippen LogP contribution in [0, 0.1) is 0 Å². The molecule has 30 heavy (non-hydrogen) atoms. The van der Waals surface area contributed by atoms with E-state index in [0.717, 1.165) is 31.4 Å². The molecule has 0 saturated carbocycles. The van der Waals surface area contributed by atoms with Crippen molar-refractivity contribution >= 4 is 18.0 Å². The molecule has 2 aromatic carbocycles. The number of unbranched alkanes of at least 4 members (excludes halogenated alkanes) is 2. The van der Waals surface area contributed by atoms with Crippen molar-refractivity contribution in [3.8, 4) is 5.75 Å². The van der Waals surface area contributed by atoms with E-state index in [0.29, 0.717) is 19.8 Å². The van der Waals surface area contributed by atoms with Crippen molar-refractivity contribution in [2.45, 2.75) is 39.5 Å². The van der Waals surface area contributed by atoms with Gasteiger partial charge in [0.2, 0.25) is 0 Å². The third kappa shape index (κ3) is 7.39. The maximum atomic E-state index is 11.9. The van der Waals surface area contributed by atoms with Crippen molar-refractivity contribution in [3.63, 3.8) is 0 Å². The lowest BCUT2D eigenvalue weighted by molar-refractivity contribution is 0.0452. The van der Waals surface area contributed by atoms with Gasteiger partial charge in [-0.1, -0.05) is 63.1 Å². The largest absolute Gasteiger partial charge is 0.489 e. The fraction of sp³-hybridized carbons (Fsp3) is 0.360. The van der Waals surface area contributed by atoms with Gasteiger partial charge in [0.25, 0.3) is 0 Å².